The number of hydrogen-bond acceptors (Lipinski definition) is 4. The first-order valence-electron chi connectivity index (χ1n) is 3.98. The maximum atomic E-state index is 12.8. The van der Waals surface area contributed by atoms with Crippen LogP contribution in [0, 0.1) is 17.3 Å². The zero-order valence-electron chi connectivity index (χ0n) is 8.00. The molecule has 0 atom stereocenters. The molecule has 0 bridgehead atoms. The molecule has 0 saturated carbocycles. The highest BCUT2D eigenvalue weighted by Crippen LogP contribution is 2.24. The molecule has 0 aromatic carbocycles. The van der Waals surface area contributed by atoms with Gasteiger partial charge in [-0.2, -0.15) is 9.65 Å². The predicted octanol–water partition coefficient (Wildman–Crippen LogP) is 1.82. The van der Waals surface area contributed by atoms with Crippen molar-refractivity contribution in [3.8, 4) is 6.07 Å². The molecule has 0 unspecified atom stereocenters. The largest absolute Gasteiger partial charge is 0.465 e. The number of carbonyl (C=O) groups is 1. The van der Waals surface area contributed by atoms with E-state index in [0.717, 1.165) is 7.11 Å². The number of ether oxygens (including phenoxy) is 1. The Hall–Kier alpha value is -2.10. The number of pyridine rings is 1. The summed E-state index contributed by atoms with van der Waals surface area (Å²) in [5.41, 5.74) is -2.31. The number of alkyl halides is 2. The van der Waals surface area contributed by atoms with Crippen LogP contribution in [0.4, 0.5) is 13.2 Å². The van der Waals surface area contributed by atoms with Crippen LogP contribution in [0.15, 0.2) is 6.07 Å². The Morgan fingerprint density at radius 1 is 1.62 bits per heavy atom. The van der Waals surface area contributed by atoms with E-state index in [4.69, 9.17) is 5.26 Å². The van der Waals surface area contributed by atoms with Crippen LogP contribution in [-0.4, -0.2) is 18.1 Å². The predicted molar refractivity (Wildman–Crippen MR) is 45.2 cm³/mol. The molecule has 0 aliphatic rings. The van der Waals surface area contributed by atoms with Crippen molar-refractivity contribution in [3.05, 3.63) is 28.8 Å². The molecule has 0 N–H and O–H groups in total. The summed E-state index contributed by atoms with van der Waals surface area (Å²) in [4.78, 5) is 14.0. The van der Waals surface area contributed by atoms with Crippen LogP contribution in [-0.2, 0) is 4.74 Å². The SMILES string of the molecule is COC(=O)c1cc(F)nc(C(F)F)c1C#N. The van der Waals surface area contributed by atoms with E-state index in [1.807, 2.05) is 0 Å². The third-order valence-corrected chi connectivity index (χ3v) is 1.74. The fourth-order valence-electron chi connectivity index (χ4n) is 1.08. The first kappa shape index (κ1) is 12.0. The van der Waals surface area contributed by atoms with E-state index >= 15 is 0 Å². The number of nitrogens with zero attached hydrogens (tertiary/aromatic N) is 2. The average molecular weight is 230 g/mol. The molecule has 0 aliphatic carbocycles. The fraction of sp³-hybridized carbons (Fsp3) is 0.222. The van der Waals surface area contributed by atoms with Gasteiger partial charge in [0, 0.05) is 6.07 Å². The van der Waals surface area contributed by atoms with E-state index in [-0.39, 0.29) is 0 Å². The first-order chi connectivity index (χ1) is 7.51. The molecule has 4 nitrogen and oxygen atoms in total. The summed E-state index contributed by atoms with van der Waals surface area (Å²) in [5, 5.41) is 8.63. The Labute approximate surface area is 88.3 Å². The third kappa shape index (κ3) is 2.11. The van der Waals surface area contributed by atoms with E-state index in [2.05, 4.69) is 9.72 Å². The van der Waals surface area contributed by atoms with Crippen molar-refractivity contribution in [1.29, 1.82) is 5.26 Å². The zero-order chi connectivity index (χ0) is 12.3. The van der Waals surface area contributed by atoms with Gasteiger partial charge in [0.2, 0.25) is 5.95 Å². The lowest BCUT2D eigenvalue weighted by molar-refractivity contribution is 0.0598. The Morgan fingerprint density at radius 3 is 2.69 bits per heavy atom. The number of nitriles is 1. The van der Waals surface area contributed by atoms with Crippen LogP contribution in [0.3, 0.4) is 0 Å². The normalized spacial score (nSPS) is 10.0. The van der Waals surface area contributed by atoms with Crippen molar-refractivity contribution in [2.24, 2.45) is 0 Å². The molecule has 1 rings (SSSR count). The molecule has 1 aromatic rings. The molecule has 16 heavy (non-hydrogen) atoms. The summed E-state index contributed by atoms with van der Waals surface area (Å²) in [6.45, 7) is 0. The van der Waals surface area contributed by atoms with E-state index < -0.39 is 35.2 Å². The van der Waals surface area contributed by atoms with E-state index in [1.54, 1.807) is 0 Å². The quantitative estimate of drug-likeness (QED) is 0.574. The zero-order valence-corrected chi connectivity index (χ0v) is 8.00. The molecule has 1 heterocycles. The Balaban J connectivity index is 3.50. The van der Waals surface area contributed by atoms with Gasteiger partial charge in [0.1, 0.15) is 11.8 Å². The Bertz CT molecular complexity index is 469. The van der Waals surface area contributed by atoms with Crippen molar-refractivity contribution in [2.45, 2.75) is 6.43 Å². The standard InChI is InChI=1S/C9H5F3N2O2/c1-16-9(15)4-2-6(10)14-7(8(11)12)5(4)3-13/h2,8H,1H3. The maximum Gasteiger partial charge on any atom is 0.339 e. The minimum atomic E-state index is -3.14. The lowest BCUT2D eigenvalue weighted by atomic mass is 10.1. The summed E-state index contributed by atoms with van der Waals surface area (Å²) >= 11 is 0. The van der Waals surface area contributed by atoms with Gasteiger partial charge in [-0.1, -0.05) is 0 Å². The second kappa shape index (κ2) is 4.61. The monoisotopic (exact) mass is 230 g/mol. The fourth-order valence-corrected chi connectivity index (χ4v) is 1.08. The summed E-state index contributed by atoms with van der Waals surface area (Å²) in [5.74, 6) is -2.34. The van der Waals surface area contributed by atoms with Gasteiger partial charge in [0.05, 0.1) is 18.2 Å². The molecule has 0 aliphatic heterocycles. The molecule has 0 amide bonds. The number of rotatable bonds is 2. The van der Waals surface area contributed by atoms with Crippen LogP contribution in [0.25, 0.3) is 0 Å². The molecule has 0 spiro atoms. The van der Waals surface area contributed by atoms with E-state index in [0.29, 0.717) is 6.07 Å². The molecule has 0 fully saturated rings. The van der Waals surface area contributed by atoms with Crippen LogP contribution < -0.4 is 0 Å². The second-order valence-corrected chi connectivity index (χ2v) is 2.66. The number of methoxy groups -OCH3 is 1. The third-order valence-electron chi connectivity index (χ3n) is 1.74. The summed E-state index contributed by atoms with van der Waals surface area (Å²) in [7, 11) is 0.990. The topological polar surface area (TPSA) is 63.0 Å². The lowest BCUT2D eigenvalue weighted by Crippen LogP contribution is -2.10. The van der Waals surface area contributed by atoms with Gasteiger partial charge in [0.25, 0.3) is 6.43 Å². The van der Waals surface area contributed by atoms with E-state index in [1.165, 1.54) is 6.07 Å². The number of carbonyl (C=O) groups excluding carboxylic acids is 1. The minimum Gasteiger partial charge on any atom is -0.465 e. The second-order valence-electron chi connectivity index (χ2n) is 2.66. The summed E-state index contributed by atoms with van der Waals surface area (Å²) < 4.78 is 41.9. The molecule has 84 valence electrons. The van der Waals surface area contributed by atoms with Gasteiger partial charge in [-0.15, -0.1) is 0 Å². The van der Waals surface area contributed by atoms with Crippen LogP contribution in [0.5, 0.6) is 0 Å². The van der Waals surface area contributed by atoms with Crippen LogP contribution in [0.2, 0.25) is 0 Å². The minimum absolute atomic E-state index is 0.562. The first-order valence-corrected chi connectivity index (χ1v) is 3.98. The van der Waals surface area contributed by atoms with Crippen molar-refractivity contribution < 1.29 is 22.7 Å². The number of aromatic nitrogens is 1. The average Bonchev–Trinajstić information content (AvgIpc) is 2.26. The van der Waals surface area contributed by atoms with Gasteiger partial charge in [-0.05, 0) is 0 Å². The molecule has 1 aromatic heterocycles. The molecular weight excluding hydrogens is 225 g/mol. The maximum absolute atomic E-state index is 12.8. The van der Waals surface area contributed by atoms with Gasteiger partial charge >= 0.3 is 5.97 Å². The van der Waals surface area contributed by atoms with Crippen molar-refractivity contribution in [1.82, 2.24) is 4.98 Å². The molecule has 0 saturated heterocycles. The molecule has 0 radical (unpaired) electrons. The molecule has 7 heteroatoms. The van der Waals surface area contributed by atoms with Crippen molar-refractivity contribution in [2.75, 3.05) is 7.11 Å². The van der Waals surface area contributed by atoms with Crippen LogP contribution in [0.1, 0.15) is 28.0 Å². The van der Waals surface area contributed by atoms with Crippen molar-refractivity contribution >= 4 is 5.97 Å². The summed E-state index contributed by atoms with van der Waals surface area (Å²) in [6, 6.07) is 1.96. The van der Waals surface area contributed by atoms with Gasteiger partial charge < -0.3 is 4.74 Å². The van der Waals surface area contributed by atoms with Crippen LogP contribution >= 0.6 is 0 Å². The van der Waals surface area contributed by atoms with Gasteiger partial charge in [0.15, 0.2) is 0 Å². The summed E-state index contributed by atoms with van der Waals surface area (Å²) in [6.07, 6.45) is -3.14. The van der Waals surface area contributed by atoms with Gasteiger partial charge in [-0.25, -0.2) is 18.6 Å². The van der Waals surface area contributed by atoms with Crippen molar-refractivity contribution in [3.63, 3.8) is 0 Å². The highest BCUT2D eigenvalue weighted by atomic mass is 19.3. The van der Waals surface area contributed by atoms with E-state index in [9.17, 15) is 18.0 Å². The molecular formula is C9H5F3N2O2. The number of halogens is 3. The number of esters is 1. The number of hydrogen-bond donors (Lipinski definition) is 0. The Morgan fingerprint density at radius 2 is 2.25 bits per heavy atom. The Kier molecular flexibility index (Phi) is 3.45. The smallest absolute Gasteiger partial charge is 0.339 e. The van der Waals surface area contributed by atoms with Gasteiger partial charge in [-0.3, -0.25) is 0 Å². The highest BCUT2D eigenvalue weighted by Gasteiger charge is 2.23. The lowest BCUT2D eigenvalue weighted by Gasteiger charge is -2.06. The highest BCUT2D eigenvalue weighted by molar-refractivity contribution is 5.92.